The molecule has 1 amide bonds. The van der Waals surface area contributed by atoms with E-state index in [2.05, 4.69) is 22.5 Å². The molecule has 2 rings (SSSR count). The average molecular weight is 247 g/mol. The summed E-state index contributed by atoms with van der Waals surface area (Å²) in [6.45, 7) is 2.98. The Morgan fingerprint density at radius 2 is 2.22 bits per heavy atom. The predicted octanol–water partition coefficient (Wildman–Crippen LogP) is 2.43. The van der Waals surface area contributed by atoms with Crippen LogP contribution in [0.4, 0.5) is 5.82 Å². The molecule has 0 bridgehead atoms. The lowest BCUT2D eigenvalue weighted by molar-refractivity contribution is 0.0939. The van der Waals surface area contributed by atoms with Crippen molar-refractivity contribution in [2.75, 3.05) is 18.9 Å². The number of carbonyl (C=O) groups excluding carboxylic acids is 1. The lowest BCUT2D eigenvalue weighted by atomic mass is 10.0. The minimum atomic E-state index is -0.0746. The average Bonchev–Trinajstić information content (AvgIpc) is 3.17. The van der Waals surface area contributed by atoms with Crippen molar-refractivity contribution in [1.29, 1.82) is 0 Å². The molecule has 98 valence electrons. The molecule has 1 aromatic rings. The van der Waals surface area contributed by atoms with Crippen molar-refractivity contribution in [3.8, 4) is 0 Å². The van der Waals surface area contributed by atoms with E-state index in [4.69, 9.17) is 0 Å². The van der Waals surface area contributed by atoms with Crippen LogP contribution in [-0.2, 0) is 0 Å². The Balaban J connectivity index is 1.91. The number of carbonyl (C=O) groups is 1. The highest BCUT2D eigenvalue weighted by molar-refractivity contribution is 5.92. The Morgan fingerprint density at radius 1 is 1.44 bits per heavy atom. The number of amides is 1. The molecule has 1 aliphatic carbocycles. The molecule has 1 heterocycles. The molecule has 0 saturated heterocycles. The Bertz CT molecular complexity index is 427. The van der Waals surface area contributed by atoms with E-state index in [1.54, 1.807) is 13.1 Å². The van der Waals surface area contributed by atoms with Crippen LogP contribution in [0, 0.1) is 5.41 Å². The zero-order valence-electron chi connectivity index (χ0n) is 11.1. The number of rotatable bonds is 6. The van der Waals surface area contributed by atoms with Crippen LogP contribution in [-0.4, -0.2) is 24.5 Å². The number of nitrogens with zero attached hydrogens (tertiary/aromatic N) is 1. The fourth-order valence-corrected chi connectivity index (χ4v) is 2.28. The zero-order valence-corrected chi connectivity index (χ0v) is 11.1. The number of hydrogen-bond donors (Lipinski definition) is 2. The van der Waals surface area contributed by atoms with Crippen molar-refractivity contribution in [2.24, 2.45) is 5.41 Å². The lowest BCUT2D eigenvalue weighted by Gasteiger charge is -2.14. The van der Waals surface area contributed by atoms with Crippen molar-refractivity contribution >= 4 is 11.7 Å². The number of nitrogens with one attached hydrogen (secondary N) is 2. The van der Waals surface area contributed by atoms with Crippen LogP contribution in [0.3, 0.4) is 0 Å². The summed E-state index contributed by atoms with van der Waals surface area (Å²) < 4.78 is 0. The van der Waals surface area contributed by atoms with Crippen LogP contribution in [0.1, 0.15) is 43.1 Å². The summed E-state index contributed by atoms with van der Waals surface area (Å²) in [4.78, 5) is 16.2. The quantitative estimate of drug-likeness (QED) is 0.811. The molecule has 0 radical (unpaired) electrons. The van der Waals surface area contributed by atoms with Gasteiger partial charge in [0.05, 0.1) is 0 Å². The van der Waals surface area contributed by atoms with Crippen LogP contribution in [0.2, 0.25) is 0 Å². The lowest BCUT2D eigenvalue weighted by Crippen LogP contribution is -2.30. The Labute approximate surface area is 108 Å². The van der Waals surface area contributed by atoms with Gasteiger partial charge < -0.3 is 10.6 Å². The number of aromatic nitrogens is 1. The van der Waals surface area contributed by atoms with Gasteiger partial charge in [0.25, 0.3) is 5.91 Å². The molecule has 0 unspecified atom stereocenters. The molecular weight excluding hydrogens is 226 g/mol. The van der Waals surface area contributed by atoms with E-state index in [-0.39, 0.29) is 5.91 Å². The summed E-state index contributed by atoms with van der Waals surface area (Å²) in [6, 6.07) is 5.43. The van der Waals surface area contributed by atoms with Crippen molar-refractivity contribution < 1.29 is 4.79 Å². The highest BCUT2D eigenvalue weighted by Gasteiger charge is 2.41. The summed E-state index contributed by atoms with van der Waals surface area (Å²) in [7, 11) is 1.80. The van der Waals surface area contributed by atoms with E-state index in [9.17, 15) is 4.79 Å². The molecule has 1 fully saturated rings. The van der Waals surface area contributed by atoms with Gasteiger partial charge >= 0.3 is 0 Å². The maximum atomic E-state index is 12.0. The smallest absolute Gasteiger partial charge is 0.269 e. The van der Waals surface area contributed by atoms with Gasteiger partial charge in [0, 0.05) is 13.6 Å². The van der Waals surface area contributed by atoms with E-state index >= 15 is 0 Å². The molecule has 0 aliphatic heterocycles. The largest absolute Gasteiger partial charge is 0.373 e. The van der Waals surface area contributed by atoms with Gasteiger partial charge in [0.1, 0.15) is 11.5 Å². The van der Waals surface area contributed by atoms with Gasteiger partial charge in [-0.25, -0.2) is 4.98 Å². The second kappa shape index (κ2) is 5.38. The normalized spacial score (nSPS) is 16.1. The Morgan fingerprint density at radius 3 is 2.83 bits per heavy atom. The van der Waals surface area contributed by atoms with Crippen molar-refractivity contribution in [3.63, 3.8) is 0 Å². The first-order valence-electron chi connectivity index (χ1n) is 6.62. The van der Waals surface area contributed by atoms with Gasteiger partial charge in [-0.1, -0.05) is 19.4 Å². The van der Waals surface area contributed by atoms with E-state index in [1.807, 2.05) is 12.1 Å². The number of anilines is 1. The van der Waals surface area contributed by atoms with Gasteiger partial charge in [-0.3, -0.25) is 4.79 Å². The summed E-state index contributed by atoms with van der Waals surface area (Å²) in [6.07, 6.45) is 4.87. The molecule has 18 heavy (non-hydrogen) atoms. The maximum Gasteiger partial charge on any atom is 0.269 e. The third-order valence-electron chi connectivity index (χ3n) is 3.60. The van der Waals surface area contributed by atoms with Crippen LogP contribution in [0.15, 0.2) is 18.2 Å². The fraction of sp³-hybridized carbons (Fsp3) is 0.571. The molecule has 0 spiro atoms. The number of hydrogen-bond acceptors (Lipinski definition) is 3. The van der Waals surface area contributed by atoms with Gasteiger partial charge in [-0.15, -0.1) is 0 Å². The van der Waals surface area contributed by atoms with Crippen molar-refractivity contribution in [3.05, 3.63) is 23.9 Å². The van der Waals surface area contributed by atoms with E-state index in [1.165, 1.54) is 25.7 Å². The van der Waals surface area contributed by atoms with E-state index < -0.39 is 0 Å². The molecule has 1 aliphatic rings. The molecule has 0 atom stereocenters. The minimum Gasteiger partial charge on any atom is -0.373 e. The third-order valence-corrected chi connectivity index (χ3v) is 3.60. The van der Waals surface area contributed by atoms with Crippen molar-refractivity contribution in [2.45, 2.75) is 32.6 Å². The minimum absolute atomic E-state index is 0.0746. The van der Waals surface area contributed by atoms with E-state index in [0.29, 0.717) is 11.1 Å². The molecule has 1 saturated carbocycles. The van der Waals surface area contributed by atoms with E-state index in [0.717, 1.165) is 12.4 Å². The Hall–Kier alpha value is -1.58. The second-order valence-corrected chi connectivity index (χ2v) is 5.09. The van der Waals surface area contributed by atoms with Gasteiger partial charge in [0.15, 0.2) is 0 Å². The summed E-state index contributed by atoms with van der Waals surface area (Å²) >= 11 is 0. The number of pyridine rings is 1. The Kier molecular flexibility index (Phi) is 3.84. The topological polar surface area (TPSA) is 54.0 Å². The van der Waals surface area contributed by atoms with Gasteiger partial charge in [-0.05, 0) is 36.8 Å². The molecular formula is C14H21N3O. The molecule has 4 heteroatoms. The summed E-state index contributed by atoms with van der Waals surface area (Å²) in [5, 5.41) is 5.94. The monoisotopic (exact) mass is 247 g/mol. The van der Waals surface area contributed by atoms with Crippen molar-refractivity contribution in [1.82, 2.24) is 10.3 Å². The van der Waals surface area contributed by atoms with Gasteiger partial charge in [0.2, 0.25) is 0 Å². The first kappa shape index (κ1) is 12.9. The molecule has 2 N–H and O–H groups in total. The molecule has 1 aromatic heterocycles. The van der Waals surface area contributed by atoms with Crippen LogP contribution < -0.4 is 10.6 Å². The maximum absolute atomic E-state index is 12.0. The highest BCUT2D eigenvalue weighted by Crippen LogP contribution is 2.48. The summed E-state index contributed by atoms with van der Waals surface area (Å²) in [5.74, 6) is 0.645. The highest BCUT2D eigenvalue weighted by atomic mass is 16.1. The molecule has 4 nitrogen and oxygen atoms in total. The summed E-state index contributed by atoms with van der Waals surface area (Å²) in [5.41, 5.74) is 0.861. The zero-order chi connectivity index (χ0) is 13.0. The standard InChI is InChI=1S/C14H21N3O/c1-3-7-14(8-9-14)10-16-13(18)11-5-4-6-12(15-2)17-11/h4-6H,3,7-10H2,1-2H3,(H,15,17)(H,16,18). The molecule has 0 aromatic carbocycles. The fourth-order valence-electron chi connectivity index (χ4n) is 2.28. The van der Waals surface area contributed by atoms with Gasteiger partial charge in [-0.2, -0.15) is 0 Å². The first-order valence-corrected chi connectivity index (χ1v) is 6.62. The first-order chi connectivity index (χ1) is 8.69. The SMILES string of the molecule is CCCC1(CNC(=O)c2cccc(NC)n2)CC1. The van der Waals surface area contributed by atoms with Crippen LogP contribution in [0.5, 0.6) is 0 Å². The predicted molar refractivity (Wildman–Crippen MR) is 72.7 cm³/mol. The third kappa shape index (κ3) is 3.00. The second-order valence-electron chi connectivity index (χ2n) is 5.09. The van der Waals surface area contributed by atoms with Crippen LogP contribution >= 0.6 is 0 Å². The van der Waals surface area contributed by atoms with Crippen LogP contribution in [0.25, 0.3) is 0 Å².